The van der Waals surface area contributed by atoms with E-state index in [2.05, 4.69) is 18.3 Å². The lowest BCUT2D eigenvalue weighted by Crippen LogP contribution is -2.27. The Morgan fingerprint density at radius 3 is 2.60 bits per heavy atom. The van der Waals surface area contributed by atoms with Gasteiger partial charge in [0.25, 0.3) is 0 Å². The van der Waals surface area contributed by atoms with Crippen LogP contribution in [0.1, 0.15) is 18.1 Å². The van der Waals surface area contributed by atoms with Gasteiger partial charge in [-0.2, -0.15) is 0 Å². The highest BCUT2D eigenvalue weighted by Gasteiger charge is 2.10. The van der Waals surface area contributed by atoms with Gasteiger partial charge in [0.05, 0.1) is 10.8 Å². The van der Waals surface area contributed by atoms with Gasteiger partial charge in [-0.15, -0.1) is 0 Å². The summed E-state index contributed by atoms with van der Waals surface area (Å²) in [6, 6.07) is 6.36. The minimum Gasteiger partial charge on any atom is -0.316 e. The van der Waals surface area contributed by atoms with Crippen LogP contribution in [0.25, 0.3) is 0 Å². The van der Waals surface area contributed by atoms with E-state index in [0.29, 0.717) is 5.75 Å². The van der Waals surface area contributed by atoms with Crippen LogP contribution in [0.5, 0.6) is 0 Å². The maximum atomic E-state index is 12.0. The summed E-state index contributed by atoms with van der Waals surface area (Å²) in [4.78, 5) is 0.961. The Bertz CT molecular complexity index is 363. The van der Waals surface area contributed by atoms with E-state index in [9.17, 15) is 4.21 Å². The first-order chi connectivity index (χ1) is 7.04. The van der Waals surface area contributed by atoms with Gasteiger partial charge in [-0.25, -0.2) is 0 Å². The third kappa shape index (κ3) is 3.43. The molecule has 0 radical (unpaired) electrons. The lowest BCUT2D eigenvalue weighted by Gasteiger charge is -2.11. The first-order valence-corrected chi connectivity index (χ1v) is 6.49. The summed E-state index contributed by atoms with van der Waals surface area (Å²) in [7, 11) is 0.997. The molecule has 2 atom stereocenters. The van der Waals surface area contributed by atoms with E-state index < -0.39 is 10.8 Å². The van der Waals surface area contributed by atoms with Crippen LogP contribution in [-0.2, 0) is 10.8 Å². The monoisotopic (exact) mass is 225 g/mol. The van der Waals surface area contributed by atoms with Crippen molar-refractivity contribution in [1.29, 1.82) is 0 Å². The molecule has 0 aliphatic heterocycles. The second-order valence-corrected chi connectivity index (χ2v) is 5.44. The Balaban J connectivity index is 2.82. The van der Waals surface area contributed by atoms with E-state index in [-0.39, 0.29) is 6.04 Å². The van der Waals surface area contributed by atoms with Crippen LogP contribution in [0.2, 0.25) is 0 Å². The van der Waals surface area contributed by atoms with Crippen LogP contribution < -0.4 is 5.32 Å². The fourth-order valence-corrected chi connectivity index (χ4v) is 2.89. The smallest absolute Gasteiger partial charge is 0.0547 e. The summed E-state index contributed by atoms with van der Waals surface area (Å²) >= 11 is 0. The topological polar surface area (TPSA) is 29.1 Å². The van der Waals surface area contributed by atoms with Crippen molar-refractivity contribution in [3.63, 3.8) is 0 Å². The predicted octanol–water partition coefficient (Wildman–Crippen LogP) is 2.02. The van der Waals surface area contributed by atoms with E-state index in [4.69, 9.17) is 0 Å². The third-order valence-electron chi connectivity index (χ3n) is 2.47. The summed E-state index contributed by atoms with van der Waals surface area (Å²) in [5, 5.41) is 3.10. The second kappa shape index (κ2) is 5.42. The first kappa shape index (κ1) is 12.4. The quantitative estimate of drug-likeness (QED) is 0.849. The maximum Gasteiger partial charge on any atom is 0.0547 e. The molecule has 1 rings (SSSR count). The van der Waals surface area contributed by atoms with Gasteiger partial charge in [0.1, 0.15) is 0 Å². The van der Waals surface area contributed by atoms with Crippen LogP contribution in [0.3, 0.4) is 0 Å². The minimum absolute atomic E-state index is 0.284. The maximum absolute atomic E-state index is 12.0. The number of nitrogens with one attached hydrogen (secondary N) is 1. The Labute approximate surface area is 94.5 Å². The predicted molar refractivity (Wildman–Crippen MR) is 65.7 cm³/mol. The lowest BCUT2D eigenvalue weighted by molar-refractivity contribution is 0.645. The average molecular weight is 225 g/mol. The summed E-state index contributed by atoms with van der Waals surface area (Å²) in [6.07, 6.45) is 0. The van der Waals surface area contributed by atoms with Crippen LogP contribution in [-0.4, -0.2) is 23.1 Å². The number of aryl methyl sites for hydroxylation is 2. The van der Waals surface area contributed by atoms with Crippen LogP contribution in [0.15, 0.2) is 23.1 Å². The molecule has 15 heavy (non-hydrogen) atoms. The fourth-order valence-electron chi connectivity index (χ4n) is 1.45. The van der Waals surface area contributed by atoms with Crippen molar-refractivity contribution in [2.75, 3.05) is 12.8 Å². The molecular weight excluding hydrogens is 206 g/mol. The Kier molecular flexibility index (Phi) is 4.48. The van der Waals surface area contributed by atoms with Crippen LogP contribution in [0, 0.1) is 13.8 Å². The molecular formula is C12H19NOS. The molecule has 0 amide bonds. The zero-order valence-corrected chi connectivity index (χ0v) is 10.6. The van der Waals surface area contributed by atoms with Crippen molar-refractivity contribution in [3.8, 4) is 0 Å². The molecule has 2 nitrogen and oxygen atoms in total. The van der Waals surface area contributed by atoms with Gasteiger partial charge < -0.3 is 5.32 Å². The Hall–Kier alpha value is -0.670. The molecule has 84 valence electrons. The van der Waals surface area contributed by atoms with Crippen molar-refractivity contribution >= 4 is 10.8 Å². The van der Waals surface area contributed by atoms with Gasteiger partial charge >= 0.3 is 0 Å². The summed E-state index contributed by atoms with van der Waals surface area (Å²) in [6.45, 7) is 6.11. The molecule has 0 heterocycles. The second-order valence-electron chi connectivity index (χ2n) is 3.97. The van der Waals surface area contributed by atoms with Gasteiger partial charge in [-0.3, -0.25) is 4.21 Å². The summed E-state index contributed by atoms with van der Waals surface area (Å²) < 4.78 is 12.0. The Morgan fingerprint density at radius 2 is 2.07 bits per heavy atom. The molecule has 2 unspecified atom stereocenters. The SMILES string of the molecule is CNC(C)CS(=O)c1ccc(C)cc1C. The molecule has 3 heteroatoms. The van der Waals surface area contributed by atoms with Crippen molar-refractivity contribution in [3.05, 3.63) is 29.3 Å². The standard InChI is InChI=1S/C12H19NOS/c1-9-5-6-12(10(2)7-9)15(14)8-11(3)13-4/h5-7,11,13H,8H2,1-4H3. The third-order valence-corrected chi connectivity index (χ3v) is 4.22. The minimum atomic E-state index is -0.896. The van der Waals surface area contributed by atoms with Crippen molar-refractivity contribution in [2.24, 2.45) is 0 Å². The number of benzene rings is 1. The van der Waals surface area contributed by atoms with Gasteiger partial charge in [-0.05, 0) is 39.4 Å². The molecule has 0 aromatic heterocycles. The highest BCUT2D eigenvalue weighted by atomic mass is 32.2. The number of rotatable bonds is 4. The van der Waals surface area contributed by atoms with Crippen molar-refractivity contribution < 1.29 is 4.21 Å². The number of hydrogen-bond acceptors (Lipinski definition) is 2. The molecule has 0 spiro atoms. The van der Waals surface area contributed by atoms with E-state index in [1.165, 1.54) is 5.56 Å². The summed E-state index contributed by atoms with van der Waals surface area (Å²) in [5.41, 5.74) is 2.34. The van der Waals surface area contributed by atoms with Crippen molar-refractivity contribution in [1.82, 2.24) is 5.32 Å². The highest BCUT2D eigenvalue weighted by molar-refractivity contribution is 7.85. The largest absolute Gasteiger partial charge is 0.316 e. The molecule has 0 fully saturated rings. The van der Waals surface area contributed by atoms with E-state index in [0.717, 1.165) is 10.5 Å². The van der Waals surface area contributed by atoms with Gasteiger partial charge in [-0.1, -0.05) is 17.7 Å². The zero-order chi connectivity index (χ0) is 11.4. The highest BCUT2D eigenvalue weighted by Crippen LogP contribution is 2.15. The van der Waals surface area contributed by atoms with Crippen LogP contribution in [0.4, 0.5) is 0 Å². The van der Waals surface area contributed by atoms with E-state index >= 15 is 0 Å². The molecule has 0 saturated heterocycles. The molecule has 0 saturated carbocycles. The van der Waals surface area contributed by atoms with Crippen LogP contribution >= 0.6 is 0 Å². The van der Waals surface area contributed by atoms with Crippen molar-refractivity contribution in [2.45, 2.75) is 31.7 Å². The summed E-state index contributed by atoms with van der Waals surface area (Å²) in [5.74, 6) is 0.667. The van der Waals surface area contributed by atoms with Gasteiger partial charge in [0.2, 0.25) is 0 Å². The average Bonchev–Trinajstić information content (AvgIpc) is 2.17. The number of hydrogen-bond donors (Lipinski definition) is 1. The Morgan fingerprint density at radius 1 is 1.40 bits per heavy atom. The first-order valence-electron chi connectivity index (χ1n) is 5.17. The lowest BCUT2D eigenvalue weighted by atomic mass is 10.2. The molecule has 0 aliphatic rings. The van der Waals surface area contributed by atoms with Gasteiger partial charge in [0, 0.05) is 16.7 Å². The molecule has 1 aromatic rings. The van der Waals surface area contributed by atoms with E-state index in [1.54, 1.807) is 0 Å². The van der Waals surface area contributed by atoms with E-state index in [1.807, 2.05) is 33.0 Å². The molecule has 0 aliphatic carbocycles. The molecule has 0 bridgehead atoms. The normalized spacial score (nSPS) is 14.9. The molecule has 1 aromatic carbocycles. The van der Waals surface area contributed by atoms with Gasteiger partial charge in [0.15, 0.2) is 0 Å². The molecule has 1 N–H and O–H groups in total. The fraction of sp³-hybridized carbons (Fsp3) is 0.500. The zero-order valence-electron chi connectivity index (χ0n) is 9.83.